The lowest BCUT2D eigenvalue weighted by Crippen LogP contribution is -2.05. The van der Waals surface area contributed by atoms with Crippen molar-refractivity contribution in [1.82, 2.24) is 0 Å². The fourth-order valence-corrected chi connectivity index (χ4v) is 1.42. The van der Waals surface area contributed by atoms with Crippen LogP contribution in [-0.4, -0.2) is 11.0 Å². The van der Waals surface area contributed by atoms with Gasteiger partial charge in [0.05, 0.1) is 4.92 Å². The molecule has 1 aliphatic carbocycles. The largest absolute Gasteiger partial charge is 0.377 e. The molecule has 0 aromatic heterocycles. The molecule has 4 nitrogen and oxygen atoms in total. The van der Waals surface area contributed by atoms with E-state index in [1.165, 1.54) is 6.07 Å². The van der Waals surface area contributed by atoms with Crippen LogP contribution in [0.25, 0.3) is 0 Å². The Balaban J connectivity index is 2.36. The number of hydrogen-bond donors (Lipinski definition) is 1. The number of nitro benzene ring substituents is 1. The summed E-state index contributed by atoms with van der Waals surface area (Å²) in [6.45, 7) is 1.89. The predicted octanol–water partition coefficient (Wildman–Crippen LogP) is 2.48. The van der Waals surface area contributed by atoms with Gasteiger partial charge >= 0.3 is 0 Å². The zero-order valence-corrected chi connectivity index (χ0v) is 7.99. The van der Waals surface area contributed by atoms with Crippen LogP contribution >= 0.6 is 0 Å². The van der Waals surface area contributed by atoms with Crippen molar-refractivity contribution < 1.29 is 4.92 Å². The number of nitrogens with one attached hydrogen (secondary N) is 1. The van der Waals surface area contributed by atoms with E-state index in [0.717, 1.165) is 18.4 Å². The van der Waals surface area contributed by atoms with Crippen molar-refractivity contribution in [3.05, 3.63) is 33.9 Å². The van der Waals surface area contributed by atoms with Crippen molar-refractivity contribution in [2.24, 2.45) is 0 Å². The zero-order valence-electron chi connectivity index (χ0n) is 7.99. The second-order valence-corrected chi connectivity index (χ2v) is 3.64. The number of nitro groups is 1. The summed E-state index contributed by atoms with van der Waals surface area (Å²) in [5.41, 5.74) is 1.79. The van der Waals surface area contributed by atoms with E-state index >= 15 is 0 Å². The van der Waals surface area contributed by atoms with E-state index in [1.54, 1.807) is 6.07 Å². The average molecular weight is 192 g/mol. The molecule has 0 heterocycles. The summed E-state index contributed by atoms with van der Waals surface area (Å²) >= 11 is 0. The van der Waals surface area contributed by atoms with Gasteiger partial charge < -0.3 is 5.32 Å². The van der Waals surface area contributed by atoms with E-state index in [2.05, 4.69) is 5.32 Å². The van der Waals surface area contributed by atoms with Crippen LogP contribution in [0.2, 0.25) is 0 Å². The molecular weight excluding hydrogens is 180 g/mol. The molecule has 0 bridgehead atoms. The molecule has 0 amide bonds. The lowest BCUT2D eigenvalue weighted by molar-refractivity contribution is -0.384. The first kappa shape index (κ1) is 8.99. The van der Waals surface area contributed by atoms with Crippen molar-refractivity contribution in [3.63, 3.8) is 0 Å². The number of nitrogens with zero attached hydrogens (tertiary/aromatic N) is 1. The number of aryl methyl sites for hydroxylation is 1. The molecule has 74 valence electrons. The fraction of sp³-hybridized carbons (Fsp3) is 0.400. The molecule has 1 fully saturated rings. The van der Waals surface area contributed by atoms with Crippen molar-refractivity contribution in [3.8, 4) is 0 Å². The third-order valence-corrected chi connectivity index (χ3v) is 2.37. The van der Waals surface area contributed by atoms with Gasteiger partial charge in [0, 0.05) is 12.1 Å². The Morgan fingerprint density at radius 1 is 1.50 bits per heavy atom. The van der Waals surface area contributed by atoms with Crippen molar-refractivity contribution >= 4 is 11.4 Å². The maximum absolute atomic E-state index is 10.7. The molecular formula is C10H12N2O2. The summed E-state index contributed by atoms with van der Waals surface area (Å²) in [6, 6.07) is 5.58. The van der Waals surface area contributed by atoms with Gasteiger partial charge in [-0.1, -0.05) is 12.1 Å². The van der Waals surface area contributed by atoms with Gasteiger partial charge in [0.25, 0.3) is 5.69 Å². The van der Waals surface area contributed by atoms with E-state index in [9.17, 15) is 10.1 Å². The minimum Gasteiger partial charge on any atom is -0.377 e. The highest BCUT2D eigenvalue weighted by Gasteiger charge is 2.25. The summed E-state index contributed by atoms with van der Waals surface area (Å²) in [4.78, 5) is 10.4. The van der Waals surface area contributed by atoms with Crippen LogP contribution in [0.1, 0.15) is 18.4 Å². The Morgan fingerprint density at radius 2 is 2.21 bits per heavy atom. The van der Waals surface area contributed by atoms with Crippen LogP contribution in [0, 0.1) is 17.0 Å². The quantitative estimate of drug-likeness (QED) is 0.591. The number of rotatable bonds is 3. The van der Waals surface area contributed by atoms with Gasteiger partial charge in [-0.3, -0.25) is 10.1 Å². The van der Waals surface area contributed by atoms with Gasteiger partial charge in [0.2, 0.25) is 0 Å². The summed E-state index contributed by atoms with van der Waals surface area (Å²) in [7, 11) is 0. The molecule has 1 aromatic carbocycles. The highest BCUT2D eigenvalue weighted by atomic mass is 16.6. The van der Waals surface area contributed by atoms with Gasteiger partial charge in [0.1, 0.15) is 5.69 Å². The minimum atomic E-state index is -0.336. The molecule has 0 spiro atoms. The number of anilines is 1. The lowest BCUT2D eigenvalue weighted by atomic mass is 10.1. The molecule has 0 saturated heterocycles. The first-order valence-electron chi connectivity index (χ1n) is 4.69. The van der Waals surface area contributed by atoms with Gasteiger partial charge in [-0.2, -0.15) is 0 Å². The van der Waals surface area contributed by atoms with Crippen molar-refractivity contribution in [1.29, 1.82) is 0 Å². The molecule has 14 heavy (non-hydrogen) atoms. The van der Waals surface area contributed by atoms with Crippen LogP contribution in [0.5, 0.6) is 0 Å². The molecule has 0 atom stereocenters. The monoisotopic (exact) mass is 192 g/mol. The van der Waals surface area contributed by atoms with Crippen LogP contribution in [-0.2, 0) is 0 Å². The second-order valence-electron chi connectivity index (χ2n) is 3.64. The number of benzene rings is 1. The van der Waals surface area contributed by atoms with Crippen molar-refractivity contribution in [2.75, 3.05) is 5.32 Å². The van der Waals surface area contributed by atoms with Crippen molar-refractivity contribution in [2.45, 2.75) is 25.8 Å². The highest BCUT2D eigenvalue weighted by molar-refractivity contribution is 5.66. The van der Waals surface area contributed by atoms with Gasteiger partial charge in [-0.05, 0) is 25.3 Å². The first-order chi connectivity index (χ1) is 6.68. The summed E-state index contributed by atoms with van der Waals surface area (Å²) in [5.74, 6) is 0. The molecule has 4 heteroatoms. The summed E-state index contributed by atoms with van der Waals surface area (Å²) in [5, 5.41) is 13.9. The number of para-hydroxylation sites is 1. The summed E-state index contributed by atoms with van der Waals surface area (Å²) in [6.07, 6.45) is 2.23. The van der Waals surface area contributed by atoms with Gasteiger partial charge in [0.15, 0.2) is 0 Å². The van der Waals surface area contributed by atoms with Crippen LogP contribution in [0.4, 0.5) is 11.4 Å². The van der Waals surface area contributed by atoms with E-state index < -0.39 is 0 Å². The molecule has 1 aromatic rings. The average Bonchev–Trinajstić information content (AvgIpc) is 2.91. The zero-order chi connectivity index (χ0) is 10.1. The second kappa shape index (κ2) is 3.29. The Labute approximate surface area is 82.1 Å². The SMILES string of the molecule is Cc1cccc([N+](=O)[O-])c1NC1CC1. The van der Waals surface area contributed by atoms with Crippen LogP contribution < -0.4 is 5.32 Å². The Bertz CT molecular complexity index is 372. The fourth-order valence-electron chi connectivity index (χ4n) is 1.42. The molecule has 1 N–H and O–H groups in total. The van der Waals surface area contributed by atoms with E-state index in [4.69, 9.17) is 0 Å². The van der Waals surface area contributed by atoms with Gasteiger partial charge in [-0.25, -0.2) is 0 Å². The highest BCUT2D eigenvalue weighted by Crippen LogP contribution is 2.32. The summed E-state index contributed by atoms with van der Waals surface area (Å²) < 4.78 is 0. The lowest BCUT2D eigenvalue weighted by Gasteiger charge is -2.08. The standard InChI is InChI=1S/C10H12N2O2/c1-7-3-2-4-9(12(13)14)10(7)11-8-5-6-8/h2-4,8,11H,5-6H2,1H3. The third-order valence-electron chi connectivity index (χ3n) is 2.37. The molecule has 0 radical (unpaired) electrons. The Morgan fingerprint density at radius 3 is 2.79 bits per heavy atom. The maximum Gasteiger partial charge on any atom is 0.292 e. The smallest absolute Gasteiger partial charge is 0.292 e. The number of hydrogen-bond acceptors (Lipinski definition) is 3. The topological polar surface area (TPSA) is 55.2 Å². The van der Waals surface area contributed by atoms with E-state index in [0.29, 0.717) is 11.7 Å². The normalized spacial score (nSPS) is 15.2. The Kier molecular flexibility index (Phi) is 2.11. The molecule has 1 aliphatic rings. The van der Waals surface area contributed by atoms with E-state index in [-0.39, 0.29) is 10.6 Å². The maximum atomic E-state index is 10.7. The Hall–Kier alpha value is -1.58. The van der Waals surface area contributed by atoms with Crippen LogP contribution in [0.3, 0.4) is 0 Å². The predicted molar refractivity (Wildman–Crippen MR) is 54.5 cm³/mol. The first-order valence-corrected chi connectivity index (χ1v) is 4.69. The molecule has 1 saturated carbocycles. The molecule has 0 unspecified atom stereocenters. The van der Waals surface area contributed by atoms with Gasteiger partial charge in [-0.15, -0.1) is 0 Å². The molecule has 0 aliphatic heterocycles. The minimum absolute atomic E-state index is 0.178. The third kappa shape index (κ3) is 1.69. The van der Waals surface area contributed by atoms with Crippen LogP contribution in [0.15, 0.2) is 18.2 Å². The molecule has 2 rings (SSSR count). The van der Waals surface area contributed by atoms with E-state index in [1.807, 2.05) is 13.0 Å².